The molecule has 0 saturated carbocycles. The molecular formula is C12H18N2. The molecular weight excluding hydrogens is 172 g/mol. The topological polar surface area (TPSA) is 25.2 Å². The van der Waals surface area contributed by atoms with Gasteiger partial charge < -0.3 is 0 Å². The van der Waals surface area contributed by atoms with Gasteiger partial charge in [-0.1, -0.05) is 19.6 Å². The number of aromatic nitrogens is 1. The van der Waals surface area contributed by atoms with Gasteiger partial charge in [0.2, 0.25) is 0 Å². The predicted octanol–water partition coefficient (Wildman–Crippen LogP) is 3.39. The summed E-state index contributed by atoms with van der Waals surface area (Å²) in [6.07, 6.45) is 6.74. The standard InChI is InChI=1S/C6H7N.C5H7N.CH4/c1-6-4-2-3-5-7-6;1-5-3-2-4-6-5;/h2-5H,1H3;2,4H,3H2,1H3;1H4. The zero-order chi connectivity index (χ0) is 9.52. The summed E-state index contributed by atoms with van der Waals surface area (Å²) in [4.78, 5) is 7.95. The summed E-state index contributed by atoms with van der Waals surface area (Å²) >= 11 is 0. The summed E-state index contributed by atoms with van der Waals surface area (Å²) in [5.74, 6) is 0. The zero-order valence-corrected chi connectivity index (χ0v) is 8.07. The first-order valence-electron chi connectivity index (χ1n) is 4.35. The number of nitrogens with zero attached hydrogens (tertiary/aromatic N) is 2. The van der Waals surface area contributed by atoms with Crippen LogP contribution in [-0.4, -0.2) is 10.7 Å². The molecule has 0 unspecified atom stereocenters. The third kappa shape index (κ3) is 5.25. The molecule has 1 aliphatic heterocycles. The van der Waals surface area contributed by atoms with Gasteiger partial charge in [0.15, 0.2) is 0 Å². The molecule has 0 spiro atoms. The lowest BCUT2D eigenvalue weighted by molar-refractivity contribution is 1.20. The zero-order valence-electron chi connectivity index (χ0n) is 8.07. The van der Waals surface area contributed by atoms with E-state index in [1.807, 2.05) is 38.2 Å². The van der Waals surface area contributed by atoms with Crippen molar-refractivity contribution in [3.05, 3.63) is 42.4 Å². The van der Waals surface area contributed by atoms with Crippen molar-refractivity contribution in [1.82, 2.24) is 4.98 Å². The van der Waals surface area contributed by atoms with Crippen molar-refractivity contribution in [3.8, 4) is 0 Å². The maximum absolute atomic E-state index is 3.98. The molecule has 76 valence electrons. The van der Waals surface area contributed by atoms with Crippen molar-refractivity contribution in [1.29, 1.82) is 0 Å². The van der Waals surface area contributed by atoms with E-state index < -0.39 is 0 Å². The average molecular weight is 190 g/mol. The number of pyridine rings is 1. The summed E-state index contributed by atoms with van der Waals surface area (Å²) in [5, 5.41) is 0. The van der Waals surface area contributed by atoms with Gasteiger partial charge in [-0.2, -0.15) is 0 Å². The van der Waals surface area contributed by atoms with Gasteiger partial charge >= 0.3 is 0 Å². The third-order valence-electron chi connectivity index (χ3n) is 1.63. The van der Waals surface area contributed by atoms with Crippen LogP contribution in [0.1, 0.15) is 26.5 Å². The molecule has 0 radical (unpaired) electrons. The maximum Gasteiger partial charge on any atom is 0.0372 e. The van der Waals surface area contributed by atoms with Crippen LogP contribution < -0.4 is 0 Å². The highest BCUT2D eigenvalue weighted by atomic mass is 14.7. The van der Waals surface area contributed by atoms with Crippen molar-refractivity contribution < 1.29 is 0 Å². The Hall–Kier alpha value is -1.44. The summed E-state index contributed by atoms with van der Waals surface area (Å²) in [6.45, 7) is 4.00. The Morgan fingerprint density at radius 3 is 2.21 bits per heavy atom. The van der Waals surface area contributed by atoms with Crippen LogP contribution in [0, 0.1) is 6.92 Å². The number of aliphatic imine (C=N–C) groups is 1. The SMILES string of the molecule is C.CC1=NC=CC1.Cc1ccccn1. The lowest BCUT2D eigenvalue weighted by Gasteiger charge is -1.82. The van der Waals surface area contributed by atoms with E-state index in [0.717, 1.165) is 12.1 Å². The number of rotatable bonds is 0. The molecule has 2 rings (SSSR count). The molecule has 1 aromatic rings. The Morgan fingerprint density at radius 1 is 1.21 bits per heavy atom. The van der Waals surface area contributed by atoms with Gasteiger partial charge in [0, 0.05) is 30.2 Å². The van der Waals surface area contributed by atoms with E-state index in [2.05, 4.69) is 16.1 Å². The molecule has 0 atom stereocenters. The second-order valence-electron chi connectivity index (χ2n) is 2.92. The monoisotopic (exact) mass is 190 g/mol. The van der Waals surface area contributed by atoms with Crippen LogP contribution in [0.15, 0.2) is 41.7 Å². The molecule has 0 fully saturated rings. The van der Waals surface area contributed by atoms with E-state index >= 15 is 0 Å². The van der Waals surface area contributed by atoms with Gasteiger partial charge in [-0.25, -0.2) is 0 Å². The number of aryl methyl sites for hydroxylation is 1. The molecule has 1 aromatic heterocycles. The maximum atomic E-state index is 3.98. The minimum atomic E-state index is 0. The van der Waals surface area contributed by atoms with Gasteiger partial charge in [0.25, 0.3) is 0 Å². The lowest BCUT2D eigenvalue weighted by Crippen LogP contribution is -1.78. The predicted molar refractivity (Wildman–Crippen MR) is 62.6 cm³/mol. The summed E-state index contributed by atoms with van der Waals surface area (Å²) < 4.78 is 0. The summed E-state index contributed by atoms with van der Waals surface area (Å²) in [5.41, 5.74) is 2.29. The highest BCUT2D eigenvalue weighted by Gasteiger charge is 1.88. The van der Waals surface area contributed by atoms with E-state index in [-0.39, 0.29) is 7.43 Å². The van der Waals surface area contributed by atoms with Crippen molar-refractivity contribution in [3.63, 3.8) is 0 Å². The molecule has 0 saturated heterocycles. The molecule has 0 amide bonds. The van der Waals surface area contributed by atoms with Gasteiger partial charge in [-0.05, 0) is 26.0 Å². The van der Waals surface area contributed by atoms with Crippen LogP contribution >= 0.6 is 0 Å². The van der Waals surface area contributed by atoms with E-state index in [4.69, 9.17) is 0 Å². The van der Waals surface area contributed by atoms with E-state index in [9.17, 15) is 0 Å². The van der Waals surface area contributed by atoms with Crippen LogP contribution in [-0.2, 0) is 0 Å². The van der Waals surface area contributed by atoms with Crippen molar-refractivity contribution in [2.24, 2.45) is 4.99 Å². The second-order valence-corrected chi connectivity index (χ2v) is 2.92. The Kier molecular flexibility index (Phi) is 6.29. The van der Waals surface area contributed by atoms with Gasteiger partial charge in [-0.15, -0.1) is 0 Å². The molecule has 14 heavy (non-hydrogen) atoms. The average Bonchev–Trinajstić information content (AvgIpc) is 2.58. The third-order valence-corrected chi connectivity index (χ3v) is 1.63. The fourth-order valence-electron chi connectivity index (χ4n) is 0.904. The van der Waals surface area contributed by atoms with Crippen LogP contribution in [0.2, 0.25) is 0 Å². The van der Waals surface area contributed by atoms with Crippen LogP contribution in [0.5, 0.6) is 0 Å². The van der Waals surface area contributed by atoms with Crippen molar-refractivity contribution in [2.75, 3.05) is 0 Å². The largest absolute Gasteiger partial charge is 0.266 e. The minimum absolute atomic E-state index is 0. The molecule has 0 aromatic carbocycles. The van der Waals surface area contributed by atoms with E-state index in [1.54, 1.807) is 6.20 Å². The van der Waals surface area contributed by atoms with Gasteiger partial charge in [0.1, 0.15) is 0 Å². The quantitative estimate of drug-likeness (QED) is 0.615. The van der Waals surface area contributed by atoms with Crippen LogP contribution in [0.25, 0.3) is 0 Å². The smallest absolute Gasteiger partial charge is 0.0372 e. The molecule has 0 bridgehead atoms. The molecule has 2 heteroatoms. The first kappa shape index (κ1) is 12.6. The fourth-order valence-corrected chi connectivity index (χ4v) is 0.904. The van der Waals surface area contributed by atoms with Crippen LogP contribution in [0.4, 0.5) is 0 Å². The fraction of sp³-hybridized carbons (Fsp3) is 0.333. The molecule has 0 N–H and O–H groups in total. The lowest BCUT2D eigenvalue weighted by atomic mass is 10.3. The summed E-state index contributed by atoms with van der Waals surface area (Å²) in [6, 6.07) is 5.86. The Labute approximate surface area is 86.4 Å². The highest BCUT2D eigenvalue weighted by Crippen LogP contribution is 1.96. The number of allylic oxidation sites excluding steroid dienone is 1. The van der Waals surface area contributed by atoms with E-state index in [1.165, 1.54) is 5.71 Å². The molecule has 2 heterocycles. The summed E-state index contributed by atoms with van der Waals surface area (Å²) in [7, 11) is 0. The van der Waals surface area contributed by atoms with E-state index in [0.29, 0.717) is 0 Å². The number of hydrogen-bond donors (Lipinski definition) is 0. The molecule has 1 aliphatic rings. The first-order chi connectivity index (χ1) is 6.29. The Morgan fingerprint density at radius 2 is 2.00 bits per heavy atom. The normalized spacial score (nSPS) is 12.3. The second kappa shape index (κ2) is 7.01. The number of hydrogen-bond acceptors (Lipinski definition) is 2. The van der Waals surface area contributed by atoms with Crippen LogP contribution in [0.3, 0.4) is 0 Å². The highest BCUT2D eigenvalue weighted by molar-refractivity contribution is 5.85. The van der Waals surface area contributed by atoms with Crippen molar-refractivity contribution >= 4 is 5.71 Å². The first-order valence-corrected chi connectivity index (χ1v) is 4.35. The van der Waals surface area contributed by atoms with Gasteiger partial charge in [0.05, 0.1) is 0 Å². The minimum Gasteiger partial charge on any atom is -0.266 e. The Balaban J connectivity index is 0.000000227. The van der Waals surface area contributed by atoms with Gasteiger partial charge in [-0.3, -0.25) is 9.98 Å². The molecule has 2 nitrogen and oxygen atoms in total. The Bertz CT molecular complexity index is 299. The molecule has 0 aliphatic carbocycles. The van der Waals surface area contributed by atoms with Crippen molar-refractivity contribution in [2.45, 2.75) is 27.7 Å².